The van der Waals surface area contributed by atoms with Crippen LogP contribution in [0.25, 0.3) is 10.4 Å². The van der Waals surface area contributed by atoms with Crippen molar-refractivity contribution in [2.75, 3.05) is 0 Å². The quantitative estimate of drug-likeness (QED) is 0.852. The lowest BCUT2D eigenvalue weighted by atomic mass is 10.1. The zero-order valence-corrected chi connectivity index (χ0v) is 12.3. The zero-order valence-electron chi connectivity index (χ0n) is 11.5. The Morgan fingerprint density at radius 3 is 2.71 bits per heavy atom. The monoisotopic (exact) mass is 300 g/mol. The first kappa shape index (κ1) is 14.0. The van der Waals surface area contributed by atoms with Crippen molar-refractivity contribution in [2.24, 2.45) is 0 Å². The minimum atomic E-state index is -0.273. The normalized spacial score (nSPS) is 18.6. The summed E-state index contributed by atoms with van der Waals surface area (Å²) < 4.78 is 0. The van der Waals surface area contributed by atoms with Crippen LogP contribution in [0.1, 0.15) is 17.7 Å². The third kappa shape index (κ3) is 3.37. The Hall–Kier alpha value is -1.98. The molecule has 0 spiro atoms. The van der Waals surface area contributed by atoms with Gasteiger partial charge in [0.05, 0.1) is 6.04 Å². The molecule has 1 atom stereocenters. The van der Waals surface area contributed by atoms with Crippen molar-refractivity contribution in [2.45, 2.75) is 25.4 Å². The molecule has 1 fully saturated rings. The fourth-order valence-electron chi connectivity index (χ4n) is 2.34. The number of imide groups is 1. The van der Waals surface area contributed by atoms with Crippen molar-refractivity contribution < 1.29 is 9.59 Å². The van der Waals surface area contributed by atoms with Crippen LogP contribution in [-0.2, 0) is 16.1 Å². The van der Waals surface area contributed by atoms with E-state index in [0.717, 1.165) is 0 Å². The van der Waals surface area contributed by atoms with Gasteiger partial charge in [-0.15, -0.1) is 11.3 Å². The highest BCUT2D eigenvalue weighted by molar-refractivity contribution is 7.15. The molecule has 5 heteroatoms. The lowest BCUT2D eigenvalue weighted by molar-refractivity contribution is -0.134. The Labute approximate surface area is 127 Å². The van der Waals surface area contributed by atoms with Gasteiger partial charge in [0.25, 0.3) is 0 Å². The fourth-order valence-corrected chi connectivity index (χ4v) is 3.31. The minimum absolute atomic E-state index is 0.180. The number of thiophene rings is 1. The molecule has 1 aliphatic rings. The number of piperidine rings is 1. The first-order valence-corrected chi connectivity index (χ1v) is 7.75. The molecule has 0 saturated carbocycles. The van der Waals surface area contributed by atoms with Crippen molar-refractivity contribution in [1.29, 1.82) is 0 Å². The van der Waals surface area contributed by atoms with Gasteiger partial charge in [0.2, 0.25) is 11.8 Å². The lowest BCUT2D eigenvalue weighted by Crippen LogP contribution is -2.50. The Bertz CT molecular complexity index is 651. The molecule has 2 amide bonds. The van der Waals surface area contributed by atoms with Crippen LogP contribution in [0.3, 0.4) is 0 Å². The van der Waals surface area contributed by atoms with Crippen LogP contribution in [0.5, 0.6) is 0 Å². The maximum absolute atomic E-state index is 11.7. The molecule has 108 valence electrons. The maximum atomic E-state index is 11.7. The summed E-state index contributed by atoms with van der Waals surface area (Å²) in [6.07, 6.45) is 0.977. The second-order valence-electron chi connectivity index (χ2n) is 5.02. The molecule has 0 bridgehead atoms. The number of rotatable bonds is 4. The molecule has 1 unspecified atom stereocenters. The first-order chi connectivity index (χ1) is 10.2. The number of carbonyl (C=O) groups excluding carboxylic acids is 2. The molecule has 1 saturated heterocycles. The predicted molar refractivity (Wildman–Crippen MR) is 82.8 cm³/mol. The highest BCUT2D eigenvalue weighted by Crippen LogP contribution is 2.27. The standard InChI is InChI=1S/C16H16N2O2S/c19-15-9-7-13(16(20)18-15)17-10-12-6-8-14(21-12)11-4-2-1-3-5-11/h1-6,8,13,17H,7,9-10H2,(H,18,19,20). The van der Waals surface area contributed by atoms with E-state index in [0.29, 0.717) is 19.4 Å². The maximum Gasteiger partial charge on any atom is 0.243 e. The summed E-state index contributed by atoms with van der Waals surface area (Å²) in [4.78, 5) is 25.2. The molecule has 0 radical (unpaired) electrons. The smallest absolute Gasteiger partial charge is 0.243 e. The van der Waals surface area contributed by atoms with Gasteiger partial charge >= 0.3 is 0 Å². The van der Waals surface area contributed by atoms with E-state index in [9.17, 15) is 9.59 Å². The Morgan fingerprint density at radius 2 is 1.95 bits per heavy atom. The van der Waals surface area contributed by atoms with Crippen molar-refractivity contribution in [3.63, 3.8) is 0 Å². The highest BCUT2D eigenvalue weighted by Gasteiger charge is 2.25. The van der Waals surface area contributed by atoms with Gasteiger partial charge in [0.15, 0.2) is 0 Å². The molecule has 1 aromatic carbocycles. The van der Waals surface area contributed by atoms with Crippen molar-refractivity contribution in [3.8, 4) is 10.4 Å². The van der Waals surface area contributed by atoms with Gasteiger partial charge in [-0.1, -0.05) is 30.3 Å². The molecule has 1 aliphatic heterocycles. The molecule has 2 heterocycles. The molecule has 3 rings (SSSR count). The largest absolute Gasteiger partial charge is 0.301 e. The Balaban J connectivity index is 1.60. The van der Waals surface area contributed by atoms with E-state index >= 15 is 0 Å². The first-order valence-electron chi connectivity index (χ1n) is 6.93. The van der Waals surface area contributed by atoms with Gasteiger partial charge in [-0.2, -0.15) is 0 Å². The molecule has 2 N–H and O–H groups in total. The topological polar surface area (TPSA) is 58.2 Å². The summed E-state index contributed by atoms with van der Waals surface area (Å²) in [6.45, 7) is 0.643. The van der Waals surface area contributed by atoms with Crippen LogP contribution >= 0.6 is 11.3 Å². The van der Waals surface area contributed by atoms with E-state index in [1.165, 1.54) is 15.3 Å². The van der Waals surface area contributed by atoms with Gasteiger partial charge in [-0.05, 0) is 24.1 Å². The second kappa shape index (κ2) is 6.20. The van der Waals surface area contributed by atoms with Crippen LogP contribution in [0.15, 0.2) is 42.5 Å². The average Bonchev–Trinajstić information content (AvgIpc) is 2.96. The summed E-state index contributed by atoms with van der Waals surface area (Å²) in [5.74, 6) is -0.397. The van der Waals surface area contributed by atoms with Crippen LogP contribution in [0.4, 0.5) is 0 Å². The van der Waals surface area contributed by atoms with Crippen LogP contribution in [-0.4, -0.2) is 17.9 Å². The van der Waals surface area contributed by atoms with E-state index in [-0.39, 0.29) is 17.9 Å². The number of benzene rings is 1. The minimum Gasteiger partial charge on any atom is -0.301 e. The van der Waals surface area contributed by atoms with Crippen LogP contribution in [0, 0.1) is 0 Å². The lowest BCUT2D eigenvalue weighted by Gasteiger charge is -2.21. The van der Waals surface area contributed by atoms with Crippen molar-refractivity contribution in [1.82, 2.24) is 10.6 Å². The fraction of sp³-hybridized carbons (Fsp3) is 0.250. The van der Waals surface area contributed by atoms with Crippen molar-refractivity contribution >= 4 is 23.2 Å². The molecule has 2 aromatic rings. The zero-order chi connectivity index (χ0) is 14.7. The van der Waals surface area contributed by atoms with E-state index in [1.807, 2.05) is 18.2 Å². The molecule has 1 aromatic heterocycles. The SMILES string of the molecule is O=C1CCC(NCc2ccc(-c3ccccc3)s2)C(=O)N1. The summed E-state index contributed by atoms with van der Waals surface area (Å²) in [5, 5.41) is 5.58. The second-order valence-corrected chi connectivity index (χ2v) is 6.18. The van der Waals surface area contributed by atoms with Crippen LogP contribution < -0.4 is 10.6 Å². The number of carbonyl (C=O) groups is 2. The van der Waals surface area contributed by atoms with Gasteiger partial charge in [-0.25, -0.2) is 0 Å². The Kier molecular flexibility index (Phi) is 4.13. The number of amides is 2. The molecular formula is C16H16N2O2S. The van der Waals surface area contributed by atoms with Gasteiger partial charge < -0.3 is 5.32 Å². The van der Waals surface area contributed by atoms with Crippen LogP contribution in [0.2, 0.25) is 0 Å². The molecular weight excluding hydrogens is 284 g/mol. The van der Waals surface area contributed by atoms with Gasteiger partial charge in [0.1, 0.15) is 0 Å². The third-order valence-electron chi connectivity index (χ3n) is 3.48. The summed E-state index contributed by atoms with van der Waals surface area (Å²) in [5.41, 5.74) is 1.20. The number of nitrogens with one attached hydrogen (secondary N) is 2. The number of hydrogen-bond acceptors (Lipinski definition) is 4. The van der Waals surface area contributed by atoms with E-state index in [4.69, 9.17) is 0 Å². The highest BCUT2D eigenvalue weighted by atomic mass is 32.1. The summed E-state index contributed by atoms with van der Waals surface area (Å²) in [7, 11) is 0. The number of hydrogen-bond donors (Lipinski definition) is 2. The summed E-state index contributed by atoms with van der Waals surface area (Å²) >= 11 is 1.72. The van der Waals surface area contributed by atoms with Gasteiger partial charge in [0, 0.05) is 22.7 Å². The Morgan fingerprint density at radius 1 is 1.14 bits per heavy atom. The predicted octanol–water partition coefficient (Wildman–Crippen LogP) is 2.31. The van der Waals surface area contributed by atoms with Crippen molar-refractivity contribution in [3.05, 3.63) is 47.3 Å². The third-order valence-corrected chi connectivity index (χ3v) is 4.62. The molecule has 0 aliphatic carbocycles. The van der Waals surface area contributed by atoms with E-state index in [2.05, 4.69) is 34.9 Å². The molecule has 21 heavy (non-hydrogen) atoms. The average molecular weight is 300 g/mol. The van der Waals surface area contributed by atoms with E-state index < -0.39 is 0 Å². The van der Waals surface area contributed by atoms with Gasteiger partial charge in [-0.3, -0.25) is 14.9 Å². The summed E-state index contributed by atoms with van der Waals surface area (Å²) in [6, 6.07) is 14.1. The van der Waals surface area contributed by atoms with E-state index in [1.54, 1.807) is 11.3 Å². The molecule has 4 nitrogen and oxygen atoms in total.